The van der Waals surface area contributed by atoms with Crippen molar-refractivity contribution in [3.8, 4) is 28.0 Å². The van der Waals surface area contributed by atoms with Crippen molar-refractivity contribution in [3.63, 3.8) is 0 Å². The summed E-state index contributed by atoms with van der Waals surface area (Å²) in [5.41, 5.74) is 4.79. The summed E-state index contributed by atoms with van der Waals surface area (Å²) in [5.74, 6) is 0.341. The monoisotopic (exact) mass is 304 g/mol. The van der Waals surface area contributed by atoms with Crippen LogP contribution in [-0.4, -0.2) is 11.3 Å². The number of aryl methyl sites for hydroxylation is 1. The van der Waals surface area contributed by atoms with Gasteiger partial charge < -0.3 is 9.84 Å². The third kappa shape index (κ3) is 3.09. The number of rotatable bonds is 3. The molecule has 3 rings (SSSR count). The average molecular weight is 304 g/mol. The van der Waals surface area contributed by atoms with Crippen LogP contribution in [0.4, 0.5) is 4.79 Å². The lowest BCUT2D eigenvalue weighted by molar-refractivity contribution is 0.144. The molecular formula is C20H16O3. The van der Waals surface area contributed by atoms with E-state index in [1.54, 1.807) is 6.07 Å². The fourth-order valence-electron chi connectivity index (χ4n) is 2.74. The van der Waals surface area contributed by atoms with E-state index < -0.39 is 6.16 Å². The summed E-state index contributed by atoms with van der Waals surface area (Å²) < 4.78 is 5.03. The maximum absolute atomic E-state index is 11.1. The van der Waals surface area contributed by atoms with Gasteiger partial charge in [-0.15, -0.1) is 0 Å². The van der Waals surface area contributed by atoms with E-state index in [4.69, 9.17) is 9.84 Å². The Morgan fingerprint density at radius 2 is 1.30 bits per heavy atom. The number of hydrogen-bond acceptors (Lipinski definition) is 2. The van der Waals surface area contributed by atoms with Crippen molar-refractivity contribution in [2.24, 2.45) is 0 Å². The zero-order chi connectivity index (χ0) is 16.2. The Morgan fingerprint density at radius 1 is 0.783 bits per heavy atom. The second kappa shape index (κ2) is 6.36. The lowest BCUT2D eigenvalue weighted by Gasteiger charge is -2.17. The molecule has 0 saturated heterocycles. The molecule has 0 heterocycles. The minimum absolute atomic E-state index is 0.341. The molecule has 0 spiro atoms. The van der Waals surface area contributed by atoms with Gasteiger partial charge in [-0.3, -0.25) is 0 Å². The van der Waals surface area contributed by atoms with Crippen LogP contribution in [0.3, 0.4) is 0 Å². The Balaban J connectivity index is 2.31. The summed E-state index contributed by atoms with van der Waals surface area (Å²) in [5, 5.41) is 9.05. The Kier molecular flexibility index (Phi) is 4.11. The molecule has 0 radical (unpaired) electrons. The first kappa shape index (κ1) is 14.9. The summed E-state index contributed by atoms with van der Waals surface area (Å²) >= 11 is 0. The highest BCUT2D eigenvalue weighted by Crippen LogP contribution is 2.41. The average Bonchev–Trinajstić information content (AvgIpc) is 2.57. The van der Waals surface area contributed by atoms with Crippen LogP contribution >= 0.6 is 0 Å². The molecule has 114 valence electrons. The van der Waals surface area contributed by atoms with Gasteiger partial charge in [-0.05, 0) is 35.2 Å². The molecule has 0 bridgehead atoms. The largest absolute Gasteiger partial charge is 0.511 e. The van der Waals surface area contributed by atoms with Crippen molar-refractivity contribution in [3.05, 3.63) is 78.4 Å². The van der Waals surface area contributed by atoms with Crippen LogP contribution < -0.4 is 4.74 Å². The molecule has 0 aromatic heterocycles. The Morgan fingerprint density at radius 3 is 1.83 bits per heavy atom. The predicted octanol–water partition coefficient (Wildman–Crippen LogP) is 5.39. The van der Waals surface area contributed by atoms with Crippen molar-refractivity contribution in [2.75, 3.05) is 0 Å². The highest BCUT2D eigenvalue weighted by molar-refractivity contribution is 5.90. The number of hydrogen-bond donors (Lipinski definition) is 1. The van der Waals surface area contributed by atoms with Crippen LogP contribution in [0.2, 0.25) is 0 Å². The van der Waals surface area contributed by atoms with Gasteiger partial charge in [0.1, 0.15) is 5.75 Å². The van der Waals surface area contributed by atoms with Crippen LogP contribution in [0, 0.1) is 6.92 Å². The van der Waals surface area contributed by atoms with Crippen molar-refractivity contribution in [1.82, 2.24) is 0 Å². The lowest BCUT2D eigenvalue weighted by atomic mass is 9.90. The zero-order valence-electron chi connectivity index (χ0n) is 12.7. The Hall–Kier alpha value is -3.07. The quantitative estimate of drug-likeness (QED) is 0.521. The van der Waals surface area contributed by atoms with Crippen molar-refractivity contribution < 1.29 is 14.6 Å². The molecule has 0 aliphatic heterocycles. The SMILES string of the molecule is Cc1ccc(OC(=O)O)c(-c2ccccc2)c1-c1ccccc1. The van der Waals surface area contributed by atoms with Gasteiger partial charge in [-0.25, -0.2) is 4.79 Å². The van der Waals surface area contributed by atoms with Gasteiger partial charge in [0.25, 0.3) is 0 Å². The van der Waals surface area contributed by atoms with Gasteiger partial charge in [-0.2, -0.15) is 0 Å². The molecule has 0 aliphatic carbocycles. The van der Waals surface area contributed by atoms with E-state index in [0.29, 0.717) is 5.75 Å². The van der Waals surface area contributed by atoms with Gasteiger partial charge in [0, 0.05) is 5.56 Å². The van der Waals surface area contributed by atoms with E-state index in [1.807, 2.05) is 73.7 Å². The van der Waals surface area contributed by atoms with Crippen LogP contribution in [0.5, 0.6) is 5.75 Å². The van der Waals surface area contributed by atoms with E-state index in [0.717, 1.165) is 27.8 Å². The number of benzene rings is 3. The molecular weight excluding hydrogens is 288 g/mol. The summed E-state index contributed by atoms with van der Waals surface area (Å²) in [6.45, 7) is 2.01. The van der Waals surface area contributed by atoms with Gasteiger partial charge in [-0.1, -0.05) is 66.7 Å². The second-order valence-corrected chi connectivity index (χ2v) is 5.23. The normalized spacial score (nSPS) is 10.3. The van der Waals surface area contributed by atoms with Crippen molar-refractivity contribution in [2.45, 2.75) is 6.92 Å². The maximum Gasteiger partial charge on any atom is 0.511 e. The van der Waals surface area contributed by atoms with E-state index in [-0.39, 0.29) is 0 Å². The van der Waals surface area contributed by atoms with Crippen LogP contribution in [0.25, 0.3) is 22.3 Å². The molecule has 0 saturated carbocycles. The van der Waals surface area contributed by atoms with Gasteiger partial charge in [0.15, 0.2) is 0 Å². The van der Waals surface area contributed by atoms with Crippen LogP contribution in [0.1, 0.15) is 5.56 Å². The third-order valence-electron chi connectivity index (χ3n) is 3.70. The molecule has 0 atom stereocenters. The summed E-state index contributed by atoms with van der Waals surface area (Å²) in [4.78, 5) is 11.1. The highest BCUT2D eigenvalue weighted by atomic mass is 16.7. The Labute approximate surface area is 134 Å². The fraction of sp³-hybridized carbons (Fsp3) is 0.0500. The molecule has 3 nitrogen and oxygen atoms in total. The number of ether oxygens (including phenoxy) is 1. The molecule has 0 unspecified atom stereocenters. The van der Waals surface area contributed by atoms with E-state index in [2.05, 4.69) is 0 Å². The molecule has 0 fully saturated rings. The predicted molar refractivity (Wildman–Crippen MR) is 90.7 cm³/mol. The van der Waals surface area contributed by atoms with Gasteiger partial charge in [0.2, 0.25) is 0 Å². The first-order valence-electron chi connectivity index (χ1n) is 7.32. The van der Waals surface area contributed by atoms with E-state index in [9.17, 15) is 4.79 Å². The molecule has 1 N–H and O–H groups in total. The van der Waals surface area contributed by atoms with Crippen molar-refractivity contribution >= 4 is 6.16 Å². The highest BCUT2D eigenvalue weighted by Gasteiger charge is 2.17. The smallest absolute Gasteiger partial charge is 0.449 e. The standard InChI is InChI=1S/C20H16O3/c1-14-12-13-17(23-20(21)22)19(16-10-6-3-7-11-16)18(14)15-8-4-2-5-9-15/h2-13H,1H3,(H,21,22). The molecule has 3 heteroatoms. The lowest BCUT2D eigenvalue weighted by Crippen LogP contribution is -2.05. The maximum atomic E-state index is 11.1. The second-order valence-electron chi connectivity index (χ2n) is 5.23. The molecule has 0 amide bonds. The minimum atomic E-state index is -1.31. The first-order chi connectivity index (χ1) is 11.2. The van der Waals surface area contributed by atoms with E-state index >= 15 is 0 Å². The van der Waals surface area contributed by atoms with Crippen molar-refractivity contribution in [1.29, 1.82) is 0 Å². The Bertz CT molecular complexity index is 824. The van der Waals surface area contributed by atoms with Crippen LogP contribution in [0.15, 0.2) is 72.8 Å². The minimum Gasteiger partial charge on any atom is -0.449 e. The summed E-state index contributed by atoms with van der Waals surface area (Å²) in [7, 11) is 0. The number of carboxylic acid groups (broad SMARTS) is 1. The number of carbonyl (C=O) groups is 1. The topological polar surface area (TPSA) is 46.5 Å². The van der Waals surface area contributed by atoms with Gasteiger partial charge >= 0.3 is 6.16 Å². The van der Waals surface area contributed by atoms with Gasteiger partial charge in [0.05, 0.1) is 0 Å². The fourth-order valence-corrected chi connectivity index (χ4v) is 2.74. The third-order valence-corrected chi connectivity index (χ3v) is 3.70. The summed E-state index contributed by atoms with van der Waals surface area (Å²) in [6, 6.07) is 23.2. The molecule has 3 aromatic rings. The first-order valence-corrected chi connectivity index (χ1v) is 7.32. The van der Waals surface area contributed by atoms with Crippen LogP contribution in [-0.2, 0) is 0 Å². The zero-order valence-corrected chi connectivity index (χ0v) is 12.7. The molecule has 23 heavy (non-hydrogen) atoms. The summed E-state index contributed by atoms with van der Waals surface area (Å²) in [6.07, 6.45) is -1.31. The molecule has 0 aliphatic rings. The molecule has 3 aromatic carbocycles. The van der Waals surface area contributed by atoms with E-state index in [1.165, 1.54) is 0 Å².